The van der Waals surface area contributed by atoms with E-state index in [0.717, 1.165) is 22.3 Å². The Hall–Kier alpha value is -4.57. The van der Waals surface area contributed by atoms with Crippen LogP contribution in [0.3, 0.4) is 0 Å². The Morgan fingerprint density at radius 2 is 1.28 bits per heavy atom. The van der Waals surface area contributed by atoms with Gasteiger partial charge < -0.3 is 34.9 Å². The molecule has 0 aromatic heterocycles. The molecule has 0 fully saturated rings. The molecule has 0 spiro atoms. The van der Waals surface area contributed by atoms with Gasteiger partial charge in [-0.25, -0.2) is 9.59 Å². The molecule has 0 saturated heterocycles. The van der Waals surface area contributed by atoms with Crippen LogP contribution in [-0.2, 0) is 33.4 Å². The number of rotatable bonds is 15. The molecule has 230 valence electrons. The lowest BCUT2D eigenvalue weighted by atomic mass is 9.98. The lowest BCUT2D eigenvalue weighted by molar-refractivity contribution is -0.145. The van der Waals surface area contributed by atoms with Crippen molar-refractivity contribution in [2.45, 2.75) is 57.5 Å². The smallest absolute Gasteiger partial charge is 0.407 e. The molecule has 0 saturated carbocycles. The first-order valence-corrected chi connectivity index (χ1v) is 14.0. The zero-order chi connectivity index (χ0) is 31.8. The van der Waals surface area contributed by atoms with E-state index >= 15 is 0 Å². The highest BCUT2D eigenvalue weighted by Crippen LogP contribution is 2.44. The van der Waals surface area contributed by atoms with Crippen molar-refractivity contribution in [3.8, 4) is 11.1 Å². The van der Waals surface area contributed by atoms with Crippen molar-refractivity contribution in [1.82, 2.24) is 5.32 Å². The van der Waals surface area contributed by atoms with Crippen LogP contribution in [0.5, 0.6) is 0 Å². The summed E-state index contributed by atoms with van der Waals surface area (Å²) >= 11 is 0. The van der Waals surface area contributed by atoms with Crippen LogP contribution >= 0.6 is 0 Å². The first-order chi connectivity index (χ1) is 20.6. The van der Waals surface area contributed by atoms with E-state index in [1.165, 1.54) is 26.0 Å². The van der Waals surface area contributed by atoms with Gasteiger partial charge in [-0.05, 0) is 48.9 Å². The molecule has 1 aliphatic carbocycles. The summed E-state index contributed by atoms with van der Waals surface area (Å²) in [6.07, 6.45) is 3.13. The van der Waals surface area contributed by atoms with Gasteiger partial charge in [-0.3, -0.25) is 4.79 Å². The van der Waals surface area contributed by atoms with Crippen molar-refractivity contribution >= 4 is 29.6 Å². The molecule has 0 heterocycles. The number of hydrogen-bond donors (Lipinski definition) is 2. The Bertz CT molecular complexity index is 1260. The van der Waals surface area contributed by atoms with Crippen molar-refractivity contribution in [3.05, 3.63) is 85.0 Å². The Kier molecular flexibility index (Phi) is 14.6. The average molecular weight is 593 g/mol. The molecule has 10 heteroatoms. The summed E-state index contributed by atoms with van der Waals surface area (Å²) in [4.78, 5) is 57.5. The molecule has 0 radical (unpaired) electrons. The van der Waals surface area contributed by atoms with E-state index in [0.29, 0.717) is 12.8 Å². The predicted octanol–water partition coefficient (Wildman–Crippen LogP) is 4.40. The maximum Gasteiger partial charge on any atom is 0.407 e. The third kappa shape index (κ3) is 11.3. The van der Waals surface area contributed by atoms with Crippen molar-refractivity contribution in [2.24, 2.45) is 5.73 Å². The van der Waals surface area contributed by atoms with Crippen LogP contribution in [-0.4, -0.2) is 61.5 Å². The number of ketones is 2. The lowest BCUT2D eigenvalue weighted by Crippen LogP contribution is -2.42. The number of nitrogens with one attached hydrogen (secondary N) is 1. The largest absolute Gasteiger partial charge is 0.460 e. The van der Waals surface area contributed by atoms with Crippen molar-refractivity contribution in [2.75, 3.05) is 19.8 Å². The summed E-state index contributed by atoms with van der Waals surface area (Å²) in [6.45, 7) is 10.1. The summed E-state index contributed by atoms with van der Waals surface area (Å²) in [6, 6.07) is 14.4. The van der Waals surface area contributed by atoms with Gasteiger partial charge in [0, 0.05) is 18.8 Å². The van der Waals surface area contributed by atoms with Gasteiger partial charge in [0.2, 0.25) is 0 Å². The van der Waals surface area contributed by atoms with Gasteiger partial charge in [0.15, 0.2) is 0 Å². The van der Waals surface area contributed by atoms with Gasteiger partial charge in [0.25, 0.3) is 0 Å². The van der Waals surface area contributed by atoms with E-state index in [-0.39, 0.29) is 50.1 Å². The topological polar surface area (TPSA) is 151 Å². The molecule has 3 rings (SSSR count). The average Bonchev–Trinajstić information content (AvgIpc) is 3.32. The monoisotopic (exact) mass is 592 g/mol. The van der Waals surface area contributed by atoms with Crippen LogP contribution in [0.25, 0.3) is 11.1 Å². The standard InChI is InChI=1S/C24H25NO5.C9H15NO3/c1-3-14-29-23(27)22(13-12-16(2)26)25-24(28)30-15-21-19-10-6-4-8-17(19)18-9-5-7-11-20(18)21;1-3-6-13-9(12)8(10)5-4-7(2)11/h3-11,21-22H,1,12-15H2,2H3,(H,25,28);3,8H,1,4-6,10H2,2H3. The molecule has 3 N–H and O–H groups in total. The number of Topliss-reactive ketones (excluding diaryl/α,β-unsaturated/α-hetero) is 2. The quantitative estimate of drug-likeness (QED) is 0.174. The normalized spacial score (nSPS) is 12.6. The Balaban J connectivity index is 0.000000420. The number of nitrogens with two attached hydrogens (primary N) is 1. The van der Waals surface area contributed by atoms with Crippen LogP contribution < -0.4 is 11.1 Å². The molecule has 0 aliphatic heterocycles. The Labute approximate surface area is 252 Å². The second-order valence-electron chi connectivity index (χ2n) is 9.95. The molecule has 2 atom stereocenters. The number of ether oxygens (including phenoxy) is 3. The number of alkyl carbamates (subject to hydrolysis) is 1. The van der Waals surface area contributed by atoms with Gasteiger partial charge in [-0.2, -0.15) is 0 Å². The third-order valence-corrected chi connectivity index (χ3v) is 6.50. The number of hydrogen-bond acceptors (Lipinski definition) is 9. The Morgan fingerprint density at radius 3 is 1.79 bits per heavy atom. The lowest BCUT2D eigenvalue weighted by Gasteiger charge is -2.18. The van der Waals surface area contributed by atoms with E-state index in [2.05, 4.69) is 30.6 Å². The summed E-state index contributed by atoms with van der Waals surface area (Å²) < 4.78 is 15.2. The van der Waals surface area contributed by atoms with Crippen LogP contribution in [0, 0.1) is 0 Å². The molecule has 2 aromatic carbocycles. The summed E-state index contributed by atoms with van der Waals surface area (Å²) in [5.74, 6) is -1.24. The number of benzene rings is 2. The Morgan fingerprint density at radius 1 is 0.791 bits per heavy atom. The zero-order valence-electron chi connectivity index (χ0n) is 24.7. The van der Waals surface area contributed by atoms with Gasteiger partial charge >= 0.3 is 18.0 Å². The maximum atomic E-state index is 12.4. The first-order valence-electron chi connectivity index (χ1n) is 14.0. The summed E-state index contributed by atoms with van der Waals surface area (Å²) in [7, 11) is 0. The fourth-order valence-electron chi connectivity index (χ4n) is 4.35. The highest BCUT2D eigenvalue weighted by Gasteiger charge is 2.30. The second kappa shape index (κ2) is 18.1. The number of carbonyl (C=O) groups excluding carboxylic acids is 5. The fourth-order valence-corrected chi connectivity index (χ4v) is 4.35. The highest BCUT2D eigenvalue weighted by atomic mass is 16.6. The molecule has 43 heavy (non-hydrogen) atoms. The van der Waals surface area contributed by atoms with Crippen molar-refractivity contribution < 1.29 is 38.2 Å². The minimum Gasteiger partial charge on any atom is -0.460 e. The minimum atomic E-state index is -0.954. The summed E-state index contributed by atoms with van der Waals surface area (Å²) in [5, 5.41) is 2.53. The molecule has 0 bridgehead atoms. The molecule has 2 aromatic rings. The number of fused-ring (bicyclic) bond motifs is 3. The van der Waals surface area contributed by atoms with Gasteiger partial charge in [-0.1, -0.05) is 73.8 Å². The number of esters is 2. The number of amides is 1. The highest BCUT2D eigenvalue weighted by molar-refractivity contribution is 5.83. The van der Waals surface area contributed by atoms with Crippen LogP contribution in [0.2, 0.25) is 0 Å². The van der Waals surface area contributed by atoms with E-state index in [4.69, 9.17) is 19.9 Å². The van der Waals surface area contributed by atoms with Gasteiger partial charge in [-0.15, -0.1) is 0 Å². The first kappa shape index (κ1) is 34.6. The number of carbonyl (C=O) groups is 5. The minimum absolute atomic E-state index is 0.0203. The molecule has 10 nitrogen and oxygen atoms in total. The van der Waals surface area contributed by atoms with Crippen LogP contribution in [0.15, 0.2) is 73.8 Å². The third-order valence-electron chi connectivity index (χ3n) is 6.50. The van der Waals surface area contributed by atoms with E-state index in [1.807, 2.05) is 36.4 Å². The van der Waals surface area contributed by atoms with Crippen LogP contribution in [0.1, 0.15) is 56.6 Å². The van der Waals surface area contributed by atoms with E-state index < -0.39 is 30.1 Å². The molecule has 1 amide bonds. The van der Waals surface area contributed by atoms with Crippen molar-refractivity contribution in [1.29, 1.82) is 0 Å². The van der Waals surface area contributed by atoms with Crippen LogP contribution in [0.4, 0.5) is 4.79 Å². The maximum absolute atomic E-state index is 12.4. The predicted molar refractivity (Wildman–Crippen MR) is 162 cm³/mol. The van der Waals surface area contributed by atoms with Gasteiger partial charge in [0.1, 0.15) is 43.5 Å². The molecule has 1 aliphatic rings. The van der Waals surface area contributed by atoms with Gasteiger partial charge in [0.05, 0.1) is 0 Å². The van der Waals surface area contributed by atoms with E-state index in [1.54, 1.807) is 0 Å². The fraction of sp³-hybridized carbons (Fsp3) is 0.364. The second-order valence-corrected chi connectivity index (χ2v) is 9.95. The summed E-state index contributed by atoms with van der Waals surface area (Å²) in [5.41, 5.74) is 9.92. The molecule has 2 unspecified atom stereocenters. The van der Waals surface area contributed by atoms with E-state index in [9.17, 15) is 24.0 Å². The molecular formula is C33H40N2O8. The molecular weight excluding hydrogens is 552 g/mol. The zero-order valence-corrected chi connectivity index (χ0v) is 24.7. The SMILES string of the molecule is C=CCOC(=O)C(CCC(C)=O)NC(=O)OCC1c2ccccc2-c2ccccc21.C=CCOC(=O)C(N)CCC(C)=O. The van der Waals surface area contributed by atoms with Crippen molar-refractivity contribution in [3.63, 3.8) is 0 Å².